The molecule has 168 valence electrons. The second-order valence-electron chi connectivity index (χ2n) is 6.91. The molecule has 3 rings (SSSR count). The van der Waals surface area contributed by atoms with Crippen molar-refractivity contribution in [3.63, 3.8) is 0 Å². The summed E-state index contributed by atoms with van der Waals surface area (Å²) in [6.07, 6.45) is 1.58. The average Bonchev–Trinajstić information content (AvgIpc) is 2.74. The number of halogens is 1. The molecule has 0 aliphatic carbocycles. The fourth-order valence-electron chi connectivity index (χ4n) is 2.85. The molecule has 1 amide bonds. The van der Waals surface area contributed by atoms with Crippen LogP contribution in [0.3, 0.4) is 0 Å². The predicted molar refractivity (Wildman–Crippen MR) is 128 cm³/mol. The van der Waals surface area contributed by atoms with Gasteiger partial charge in [0.15, 0.2) is 5.16 Å². The van der Waals surface area contributed by atoms with E-state index in [1.165, 1.54) is 30.8 Å². The molecule has 0 aliphatic heterocycles. The zero-order valence-electron chi connectivity index (χ0n) is 17.4. The van der Waals surface area contributed by atoms with Crippen molar-refractivity contribution < 1.29 is 13.2 Å². The molecule has 0 aliphatic rings. The molecule has 1 aromatic heterocycles. The summed E-state index contributed by atoms with van der Waals surface area (Å²) in [5.41, 5.74) is 0.531. The van der Waals surface area contributed by atoms with Gasteiger partial charge in [-0.1, -0.05) is 35.5 Å². The van der Waals surface area contributed by atoms with Gasteiger partial charge in [0, 0.05) is 31.4 Å². The summed E-state index contributed by atoms with van der Waals surface area (Å²) in [4.78, 5) is 29.9. The lowest BCUT2D eigenvalue weighted by Gasteiger charge is -2.13. The van der Waals surface area contributed by atoms with Gasteiger partial charge >= 0.3 is 0 Å². The Labute approximate surface area is 195 Å². The lowest BCUT2D eigenvalue weighted by molar-refractivity contribution is -0.113. The number of carbonyl (C=O) groups is 1. The number of allylic oxidation sites excluding steroid dienone is 1. The first-order valence-corrected chi connectivity index (χ1v) is 12.2. The molecule has 1 N–H and O–H groups in total. The zero-order valence-corrected chi connectivity index (χ0v) is 19.8. The lowest BCUT2D eigenvalue weighted by Crippen LogP contribution is -2.24. The van der Waals surface area contributed by atoms with Gasteiger partial charge in [-0.2, -0.15) is 0 Å². The highest BCUT2D eigenvalue weighted by Gasteiger charge is 2.18. The number of anilines is 1. The Kier molecular flexibility index (Phi) is 7.40. The van der Waals surface area contributed by atoms with Gasteiger partial charge in [-0.25, -0.2) is 17.7 Å². The second kappa shape index (κ2) is 9.86. The molecule has 0 saturated carbocycles. The van der Waals surface area contributed by atoms with Crippen molar-refractivity contribution in [2.75, 3.05) is 25.2 Å². The Morgan fingerprint density at radius 1 is 1.28 bits per heavy atom. The number of hydrogen-bond acceptors (Lipinski definition) is 6. The van der Waals surface area contributed by atoms with Crippen LogP contribution in [0.1, 0.15) is 0 Å². The number of benzene rings is 2. The molecule has 0 radical (unpaired) electrons. The number of hydrogen-bond donors (Lipinski definition) is 1. The Bertz CT molecular complexity index is 1350. The topological polar surface area (TPSA) is 101 Å². The van der Waals surface area contributed by atoms with Crippen molar-refractivity contribution in [2.45, 2.75) is 16.6 Å². The van der Waals surface area contributed by atoms with Crippen molar-refractivity contribution >= 4 is 55.9 Å². The molecule has 2 aromatic carbocycles. The van der Waals surface area contributed by atoms with Gasteiger partial charge in [0.2, 0.25) is 15.9 Å². The first-order valence-electron chi connectivity index (χ1n) is 9.39. The highest BCUT2D eigenvalue weighted by molar-refractivity contribution is 7.99. The van der Waals surface area contributed by atoms with Gasteiger partial charge in [-0.15, -0.1) is 6.58 Å². The van der Waals surface area contributed by atoms with E-state index >= 15 is 0 Å². The van der Waals surface area contributed by atoms with Crippen LogP contribution in [-0.4, -0.2) is 48.0 Å². The smallest absolute Gasteiger partial charge is 0.262 e. The van der Waals surface area contributed by atoms with Crippen LogP contribution in [0.5, 0.6) is 0 Å². The molecule has 0 atom stereocenters. The first-order chi connectivity index (χ1) is 15.1. The Balaban J connectivity index is 1.81. The van der Waals surface area contributed by atoms with E-state index in [1.54, 1.807) is 36.4 Å². The van der Waals surface area contributed by atoms with Crippen LogP contribution in [0.25, 0.3) is 10.9 Å². The van der Waals surface area contributed by atoms with E-state index in [1.807, 2.05) is 0 Å². The molecule has 0 spiro atoms. The number of thioether (sulfide) groups is 1. The van der Waals surface area contributed by atoms with E-state index in [4.69, 9.17) is 11.6 Å². The maximum absolute atomic E-state index is 12.8. The monoisotopic (exact) mass is 492 g/mol. The van der Waals surface area contributed by atoms with Crippen LogP contribution < -0.4 is 10.9 Å². The molecular formula is C21H21ClN4O4S2. The van der Waals surface area contributed by atoms with E-state index < -0.39 is 10.0 Å². The largest absolute Gasteiger partial charge is 0.325 e. The molecule has 0 fully saturated rings. The van der Waals surface area contributed by atoms with Crippen LogP contribution in [-0.2, 0) is 21.4 Å². The van der Waals surface area contributed by atoms with Gasteiger partial charge in [-0.05, 0) is 36.4 Å². The Morgan fingerprint density at radius 3 is 2.72 bits per heavy atom. The summed E-state index contributed by atoms with van der Waals surface area (Å²) in [6, 6.07) is 10.8. The minimum atomic E-state index is -3.62. The maximum Gasteiger partial charge on any atom is 0.262 e. The van der Waals surface area contributed by atoms with E-state index in [0.717, 1.165) is 16.1 Å². The predicted octanol–water partition coefficient (Wildman–Crippen LogP) is 3.22. The lowest BCUT2D eigenvalue weighted by atomic mass is 10.2. The summed E-state index contributed by atoms with van der Waals surface area (Å²) in [6.45, 7) is 3.91. The van der Waals surface area contributed by atoms with Gasteiger partial charge in [0.25, 0.3) is 5.56 Å². The summed E-state index contributed by atoms with van der Waals surface area (Å²) >= 11 is 7.11. The molecule has 0 bridgehead atoms. The average molecular weight is 493 g/mol. The first kappa shape index (κ1) is 24.0. The number of carbonyl (C=O) groups excluding carboxylic acids is 1. The second-order valence-corrected chi connectivity index (χ2v) is 10.4. The van der Waals surface area contributed by atoms with Crippen molar-refractivity contribution in [1.82, 2.24) is 13.9 Å². The molecule has 32 heavy (non-hydrogen) atoms. The summed E-state index contributed by atoms with van der Waals surface area (Å²) < 4.78 is 27.1. The quantitative estimate of drug-likeness (QED) is 0.294. The van der Waals surface area contributed by atoms with E-state index in [0.29, 0.717) is 26.8 Å². The maximum atomic E-state index is 12.8. The highest BCUT2D eigenvalue weighted by Crippen LogP contribution is 2.22. The molecule has 11 heteroatoms. The van der Waals surface area contributed by atoms with Gasteiger partial charge < -0.3 is 5.32 Å². The minimum Gasteiger partial charge on any atom is -0.325 e. The third-order valence-electron chi connectivity index (χ3n) is 4.42. The molecular weight excluding hydrogens is 472 g/mol. The minimum absolute atomic E-state index is 0.0414. The van der Waals surface area contributed by atoms with Crippen LogP contribution >= 0.6 is 23.4 Å². The zero-order chi connectivity index (χ0) is 23.5. The van der Waals surface area contributed by atoms with Crippen molar-refractivity contribution in [2.24, 2.45) is 0 Å². The number of amides is 1. The fourth-order valence-corrected chi connectivity index (χ4v) is 4.77. The van der Waals surface area contributed by atoms with Crippen LogP contribution in [0, 0.1) is 0 Å². The number of nitrogens with one attached hydrogen (secondary N) is 1. The number of rotatable bonds is 8. The Morgan fingerprint density at radius 2 is 2.03 bits per heavy atom. The van der Waals surface area contributed by atoms with Gasteiger partial charge in [0.05, 0.1) is 21.6 Å². The number of fused-ring (bicyclic) bond motifs is 1. The number of aromatic nitrogens is 2. The summed E-state index contributed by atoms with van der Waals surface area (Å²) in [7, 11) is -0.754. The molecule has 8 nitrogen and oxygen atoms in total. The molecule has 1 heterocycles. The van der Waals surface area contributed by atoms with Crippen molar-refractivity contribution in [3.05, 3.63) is 70.5 Å². The number of sulfonamides is 1. The van der Waals surface area contributed by atoms with Crippen molar-refractivity contribution in [1.29, 1.82) is 0 Å². The third-order valence-corrected chi connectivity index (χ3v) is 7.45. The van der Waals surface area contributed by atoms with Crippen LogP contribution in [0.2, 0.25) is 5.02 Å². The fraction of sp³-hybridized carbons (Fsp3) is 0.190. The van der Waals surface area contributed by atoms with Gasteiger partial charge in [-0.3, -0.25) is 14.2 Å². The van der Waals surface area contributed by atoms with Crippen molar-refractivity contribution in [3.8, 4) is 0 Å². The van der Waals surface area contributed by atoms with E-state index in [9.17, 15) is 18.0 Å². The Hall–Kier alpha value is -2.66. The SMILES string of the molecule is C=CCn1c(SCC(=O)Nc2cccc(S(=O)(=O)N(C)C)c2)nc2cc(Cl)ccc2c1=O. The molecule has 3 aromatic rings. The standard InChI is InChI=1S/C21H21ClN4O4S2/c1-4-10-26-20(28)17-9-8-14(22)11-18(17)24-21(26)31-13-19(27)23-15-6-5-7-16(12-15)32(29,30)25(2)3/h4-9,11-12H,1,10,13H2,2-3H3,(H,23,27). The number of nitrogens with zero attached hydrogens (tertiary/aromatic N) is 3. The van der Waals surface area contributed by atoms with Crippen LogP contribution in [0.15, 0.2) is 70.0 Å². The molecule has 0 unspecified atom stereocenters. The van der Waals surface area contributed by atoms with Gasteiger partial charge in [0.1, 0.15) is 0 Å². The summed E-state index contributed by atoms with van der Waals surface area (Å²) in [5.74, 6) is -0.416. The molecule has 0 saturated heterocycles. The normalized spacial score (nSPS) is 11.6. The summed E-state index contributed by atoms with van der Waals surface area (Å²) in [5, 5.41) is 3.90. The third kappa shape index (κ3) is 5.21. The van der Waals surface area contributed by atoms with E-state index in [-0.39, 0.29) is 28.7 Å². The van der Waals surface area contributed by atoms with Crippen LogP contribution in [0.4, 0.5) is 5.69 Å². The highest BCUT2D eigenvalue weighted by atomic mass is 35.5. The van der Waals surface area contributed by atoms with E-state index in [2.05, 4.69) is 16.9 Å².